The molecule has 0 bridgehead atoms. The van der Waals surface area contributed by atoms with Gasteiger partial charge in [0.2, 0.25) is 0 Å². The predicted octanol–water partition coefficient (Wildman–Crippen LogP) is 1.33. The van der Waals surface area contributed by atoms with Crippen molar-refractivity contribution in [2.75, 3.05) is 5.73 Å². The average molecular weight is 229 g/mol. The third kappa shape index (κ3) is 1.43. The van der Waals surface area contributed by atoms with Crippen molar-refractivity contribution in [3.8, 4) is 0 Å². The summed E-state index contributed by atoms with van der Waals surface area (Å²) in [5, 5.41) is 9.22. The Bertz CT molecular complexity index is 620. The number of nitrogens with two attached hydrogens (primary N) is 1. The highest BCUT2D eigenvalue weighted by atomic mass is 16.4. The van der Waals surface area contributed by atoms with Crippen LogP contribution in [0.15, 0.2) is 24.4 Å². The first kappa shape index (κ1) is 10.0. The first-order valence-electron chi connectivity index (χ1n) is 5.38. The van der Waals surface area contributed by atoms with Gasteiger partial charge in [-0.1, -0.05) is 6.07 Å². The van der Waals surface area contributed by atoms with Crippen molar-refractivity contribution in [2.45, 2.75) is 18.3 Å². The van der Waals surface area contributed by atoms with Gasteiger partial charge in [0.05, 0.1) is 22.6 Å². The Morgan fingerprint density at radius 3 is 2.76 bits per heavy atom. The van der Waals surface area contributed by atoms with Crippen LogP contribution in [0, 0.1) is 0 Å². The van der Waals surface area contributed by atoms with E-state index in [1.54, 1.807) is 18.2 Å². The van der Waals surface area contributed by atoms with Crippen LogP contribution in [0.3, 0.4) is 0 Å². The minimum absolute atomic E-state index is 0.365. The molecule has 1 aromatic heterocycles. The van der Waals surface area contributed by atoms with Gasteiger partial charge in [-0.15, -0.1) is 0 Å². The van der Waals surface area contributed by atoms with Crippen molar-refractivity contribution in [1.29, 1.82) is 0 Å². The third-order valence-electron chi connectivity index (χ3n) is 3.27. The van der Waals surface area contributed by atoms with Crippen LogP contribution in [0.4, 0.5) is 5.82 Å². The van der Waals surface area contributed by atoms with Gasteiger partial charge in [0.1, 0.15) is 5.82 Å². The fourth-order valence-corrected chi connectivity index (χ4v) is 2.07. The van der Waals surface area contributed by atoms with Gasteiger partial charge in [-0.3, -0.25) is 9.78 Å². The number of aromatic nitrogens is 2. The van der Waals surface area contributed by atoms with Crippen molar-refractivity contribution in [3.05, 3.63) is 30.0 Å². The molecule has 0 spiro atoms. The van der Waals surface area contributed by atoms with Gasteiger partial charge in [-0.05, 0) is 30.5 Å². The Hall–Kier alpha value is -2.17. The number of carboxylic acid groups (broad SMARTS) is 1. The van der Waals surface area contributed by atoms with Gasteiger partial charge in [0, 0.05) is 0 Å². The summed E-state index contributed by atoms with van der Waals surface area (Å²) in [4.78, 5) is 19.5. The van der Waals surface area contributed by atoms with E-state index < -0.39 is 11.4 Å². The highest BCUT2D eigenvalue weighted by Gasteiger charge is 2.51. The topological polar surface area (TPSA) is 89.1 Å². The molecule has 3 N–H and O–H groups in total. The number of hydrogen-bond donors (Lipinski definition) is 2. The molecule has 1 heterocycles. The van der Waals surface area contributed by atoms with E-state index in [0.29, 0.717) is 29.7 Å². The lowest BCUT2D eigenvalue weighted by Gasteiger charge is -2.10. The van der Waals surface area contributed by atoms with E-state index in [1.165, 1.54) is 6.20 Å². The zero-order valence-corrected chi connectivity index (χ0v) is 9.05. The number of carboxylic acids is 1. The minimum atomic E-state index is -0.764. The molecule has 1 aliphatic rings. The van der Waals surface area contributed by atoms with Crippen LogP contribution in [-0.4, -0.2) is 21.0 Å². The van der Waals surface area contributed by atoms with Crippen molar-refractivity contribution >= 4 is 22.8 Å². The van der Waals surface area contributed by atoms with Gasteiger partial charge in [-0.2, -0.15) is 0 Å². The molecule has 0 unspecified atom stereocenters. The quantitative estimate of drug-likeness (QED) is 0.810. The molecule has 0 atom stereocenters. The highest BCUT2D eigenvalue weighted by molar-refractivity contribution is 5.87. The molecular weight excluding hydrogens is 218 g/mol. The second kappa shape index (κ2) is 3.16. The minimum Gasteiger partial charge on any atom is -0.481 e. The number of nitrogen functional groups attached to an aromatic ring is 1. The monoisotopic (exact) mass is 229 g/mol. The van der Waals surface area contributed by atoms with E-state index >= 15 is 0 Å². The predicted molar refractivity (Wildman–Crippen MR) is 62.5 cm³/mol. The zero-order valence-electron chi connectivity index (χ0n) is 9.05. The normalized spacial score (nSPS) is 16.9. The molecule has 0 saturated heterocycles. The summed E-state index contributed by atoms with van der Waals surface area (Å²) in [6.45, 7) is 0. The molecule has 2 aromatic rings. The summed E-state index contributed by atoms with van der Waals surface area (Å²) in [5.41, 5.74) is 7.02. The largest absolute Gasteiger partial charge is 0.481 e. The number of benzene rings is 1. The Labute approximate surface area is 97.3 Å². The van der Waals surface area contributed by atoms with E-state index in [1.807, 2.05) is 0 Å². The molecular formula is C12H11N3O2. The number of anilines is 1. The average Bonchev–Trinajstić information content (AvgIpc) is 3.09. The van der Waals surface area contributed by atoms with Crippen molar-refractivity contribution in [3.63, 3.8) is 0 Å². The molecule has 86 valence electrons. The molecule has 5 heteroatoms. The maximum Gasteiger partial charge on any atom is 0.314 e. The molecule has 1 fully saturated rings. The van der Waals surface area contributed by atoms with Crippen LogP contribution in [-0.2, 0) is 10.2 Å². The van der Waals surface area contributed by atoms with Crippen LogP contribution in [0.1, 0.15) is 18.4 Å². The number of rotatable bonds is 2. The standard InChI is InChI=1S/C12H11N3O2/c13-10-6-14-9-5-7(1-2-8(9)15-10)12(3-4-12)11(16)17/h1-2,5-6H,3-4H2,(H2,13,15)(H,16,17). The number of carbonyl (C=O) groups is 1. The van der Waals surface area contributed by atoms with E-state index in [2.05, 4.69) is 9.97 Å². The molecule has 0 aliphatic heterocycles. The smallest absolute Gasteiger partial charge is 0.314 e. The summed E-state index contributed by atoms with van der Waals surface area (Å²) < 4.78 is 0. The number of nitrogens with zero attached hydrogens (tertiary/aromatic N) is 2. The highest BCUT2D eigenvalue weighted by Crippen LogP contribution is 2.48. The Morgan fingerprint density at radius 1 is 1.35 bits per heavy atom. The molecule has 3 rings (SSSR count). The number of hydrogen-bond acceptors (Lipinski definition) is 4. The van der Waals surface area contributed by atoms with Crippen LogP contribution >= 0.6 is 0 Å². The molecule has 1 saturated carbocycles. The van der Waals surface area contributed by atoms with Crippen LogP contribution in [0.25, 0.3) is 11.0 Å². The van der Waals surface area contributed by atoms with Gasteiger partial charge in [-0.25, -0.2) is 4.98 Å². The van der Waals surface area contributed by atoms with Crippen molar-refractivity contribution in [1.82, 2.24) is 9.97 Å². The third-order valence-corrected chi connectivity index (χ3v) is 3.27. The van der Waals surface area contributed by atoms with Crippen LogP contribution < -0.4 is 5.73 Å². The summed E-state index contributed by atoms with van der Waals surface area (Å²) in [7, 11) is 0. The van der Waals surface area contributed by atoms with E-state index in [-0.39, 0.29) is 0 Å². The molecule has 1 aliphatic carbocycles. The van der Waals surface area contributed by atoms with Gasteiger partial charge >= 0.3 is 5.97 Å². The molecule has 1 aromatic carbocycles. The van der Waals surface area contributed by atoms with Crippen molar-refractivity contribution in [2.24, 2.45) is 0 Å². The lowest BCUT2D eigenvalue weighted by atomic mass is 9.96. The van der Waals surface area contributed by atoms with E-state index in [4.69, 9.17) is 5.73 Å². The summed E-state index contributed by atoms with van der Waals surface area (Å²) in [6.07, 6.45) is 2.86. The van der Waals surface area contributed by atoms with Gasteiger partial charge in [0.25, 0.3) is 0 Å². The Kier molecular flexibility index (Phi) is 1.86. The fourth-order valence-electron chi connectivity index (χ4n) is 2.07. The lowest BCUT2D eigenvalue weighted by molar-refractivity contribution is -0.140. The molecule has 0 amide bonds. The Balaban J connectivity index is 2.15. The maximum absolute atomic E-state index is 11.2. The van der Waals surface area contributed by atoms with Crippen LogP contribution in [0.5, 0.6) is 0 Å². The maximum atomic E-state index is 11.2. The number of aliphatic carboxylic acids is 1. The van der Waals surface area contributed by atoms with E-state index in [9.17, 15) is 9.90 Å². The van der Waals surface area contributed by atoms with Gasteiger partial charge < -0.3 is 10.8 Å². The number of fused-ring (bicyclic) bond motifs is 1. The summed E-state index contributed by atoms with van der Waals surface area (Å²) in [5.74, 6) is -0.398. The zero-order chi connectivity index (χ0) is 12.0. The van der Waals surface area contributed by atoms with Gasteiger partial charge in [0.15, 0.2) is 0 Å². The first-order valence-corrected chi connectivity index (χ1v) is 5.38. The van der Waals surface area contributed by atoms with Crippen LogP contribution in [0.2, 0.25) is 0 Å². The molecule has 17 heavy (non-hydrogen) atoms. The fraction of sp³-hybridized carbons (Fsp3) is 0.250. The first-order chi connectivity index (χ1) is 8.12. The second-order valence-corrected chi connectivity index (χ2v) is 4.39. The lowest BCUT2D eigenvalue weighted by Crippen LogP contribution is -2.19. The summed E-state index contributed by atoms with van der Waals surface area (Å²) >= 11 is 0. The van der Waals surface area contributed by atoms with E-state index in [0.717, 1.165) is 5.56 Å². The second-order valence-electron chi connectivity index (χ2n) is 4.39. The SMILES string of the molecule is Nc1cnc2cc(C3(C(=O)O)CC3)ccc2n1. The molecule has 5 nitrogen and oxygen atoms in total. The Morgan fingerprint density at radius 2 is 2.12 bits per heavy atom. The molecule has 0 radical (unpaired) electrons. The van der Waals surface area contributed by atoms with Crippen molar-refractivity contribution < 1.29 is 9.90 Å². The summed E-state index contributed by atoms with van der Waals surface area (Å²) in [6, 6.07) is 5.37.